The molecule has 0 fully saturated rings. The van der Waals surface area contributed by atoms with Gasteiger partial charge in [-0.1, -0.05) is 5.16 Å². The van der Waals surface area contributed by atoms with Gasteiger partial charge in [0.2, 0.25) is 0 Å². The predicted molar refractivity (Wildman–Crippen MR) is 46.1 cm³/mol. The zero-order valence-electron chi connectivity index (χ0n) is 8.97. The highest BCUT2D eigenvalue weighted by molar-refractivity contribution is 6.36. The molecule has 0 atom stereocenters. The van der Waals surface area contributed by atoms with Crippen LogP contribution >= 0.6 is 0 Å². The zero-order chi connectivity index (χ0) is 14.6. The van der Waals surface area contributed by atoms with Crippen LogP contribution in [0.2, 0.25) is 0 Å². The Morgan fingerprint density at radius 3 is 1.94 bits per heavy atom. The normalized spacial score (nSPS) is 13.9. The van der Waals surface area contributed by atoms with Crippen LogP contribution in [0.3, 0.4) is 0 Å². The quantitative estimate of drug-likeness (QED) is 0.283. The van der Waals surface area contributed by atoms with Gasteiger partial charge < -0.3 is 9.94 Å². The molecule has 0 aliphatic carbocycles. The molecular formula is C8H9F6NO3. The number of alkyl halides is 6. The van der Waals surface area contributed by atoms with Gasteiger partial charge in [0.1, 0.15) is 0 Å². The average molecular weight is 281 g/mol. The highest BCUT2D eigenvalue weighted by atomic mass is 19.4. The van der Waals surface area contributed by atoms with Crippen molar-refractivity contribution in [1.82, 2.24) is 0 Å². The Balaban J connectivity index is 5.05. The topological polar surface area (TPSA) is 58.9 Å². The first-order valence-corrected chi connectivity index (χ1v) is 4.55. The number of nitrogens with zero attached hydrogens (tertiary/aromatic N) is 1. The molecule has 0 saturated heterocycles. The van der Waals surface area contributed by atoms with Gasteiger partial charge in [-0.25, -0.2) is 4.79 Å². The molecule has 0 amide bonds. The van der Waals surface area contributed by atoms with E-state index in [0.717, 1.165) is 0 Å². The molecular weight excluding hydrogens is 272 g/mol. The highest BCUT2D eigenvalue weighted by Crippen LogP contribution is 2.41. The summed E-state index contributed by atoms with van der Waals surface area (Å²) in [5, 5.41) is 10.4. The van der Waals surface area contributed by atoms with Crippen molar-refractivity contribution in [3.05, 3.63) is 0 Å². The molecule has 0 bridgehead atoms. The summed E-state index contributed by atoms with van der Waals surface area (Å²) in [5.74, 6) is -5.32. The molecule has 0 aromatic rings. The number of carbonyl (C=O) groups is 1. The molecule has 0 aromatic heterocycles. The van der Waals surface area contributed by atoms with E-state index in [-0.39, 0.29) is 6.61 Å². The number of rotatable bonds is 4. The van der Waals surface area contributed by atoms with Gasteiger partial charge in [-0.2, -0.15) is 26.3 Å². The lowest BCUT2D eigenvalue weighted by molar-refractivity contribution is -0.281. The van der Waals surface area contributed by atoms with Crippen molar-refractivity contribution in [2.24, 2.45) is 11.1 Å². The summed E-state index contributed by atoms with van der Waals surface area (Å²) in [6.45, 7) is 1.01. The Morgan fingerprint density at radius 1 is 1.22 bits per heavy atom. The highest BCUT2D eigenvalue weighted by Gasteiger charge is 2.57. The van der Waals surface area contributed by atoms with Gasteiger partial charge >= 0.3 is 18.3 Å². The smallest absolute Gasteiger partial charge is 0.400 e. The largest absolute Gasteiger partial charge is 0.461 e. The van der Waals surface area contributed by atoms with Crippen molar-refractivity contribution in [2.75, 3.05) is 6.61 Å². The van der Waals surface area contributed by atoms with E-state index in [0.29, 0.717) is 0 Å². The van der Waals surface area contributed by atoms with Crippen LogP contribution in [0.5, 0.6) is 0 Å². The van der Waals surface area contributed by atoms with Gasteiger partial charge in [0, 0.05) is 6.42 Å². The van der Waals surface area contributed by atoms with Crippen molar-refractivity contribution < 1.29 is 41.1 Å². The summed E-state index contributed by atoms with van der Waals surface area (Å²) in [6.07, 6.45) is -13.1. The van der Waals surface area contributed by atoms with E-state index in [1.807, 2.05) is 0 Å². The fourth-order valence-corrected chi connectivity index (χ4v) is 0.990. The van der Waals surface area contributed by atoms with Gasteiger partial charge in [-0.15, -0.1) is 0 Å². The molecule has 0 rings (SSSR count). The summed E-state index contributed by atoms with van der Waals surface area (Å²) in [5.41, 5.74) is -1.34. The van der Waals surface area contributed by atoms with Gasteiger partial charge in [0.15, 0.2) is 11.6 Å². The summed E-state index contributed by atoms with van der Waals surface area (Å²) in [6, 6.07) is 0. The molecule has 18 heavy (non-hydrogen) atoms. The van der Waals surface area contributed by atoms with Gasteiger partial charge in [0.25, 0.3) is 0 Å². The maximum atomic E-state index is 12.2. The zero-order valence-corrected chi connectivity index (χ0v) is 8.97. The molecule has 4 nitrogen and oxygen atoms in total. The van der Waals surface area contributed by atoms with E-state index in [2.05, 4.69) is 9.89 Å². The second-order valence-electron chi connectivity index (χ2n) is 3.11. The first-order chi connectivity index (χ1) is 8.04. The summed E-state index contributed by atoms with van der Waals surface area (Å²) >= 11 is 0. The van der Waals surface area contributed by atoms with Crippen LogP contribution in [0.25, 0.3) is 0 Å². The third-order valence-corrected chi connectivity index (χ3v) is 1.82. The van der Waals surface area contributed by atoms with E-state index >= 15 is 0 Å². The Labute approximate surface area is 97.2 Å². The van der Waals surface area contributed by atoms with E-state index in [9.17, 15) is 31.1 Å². The fraction of sp³-hybridized carbons (Fsp3) is 0.750. The number of esters is 1. The lowest BCUT2D eigenvalue weighted by Crippen LogP contribution is -2.39. The van der Waals surface area contributed by atoms with Crippen LogP contribution in [-0.2, 0) is 9.53 Å². The molecule has 0 spiro atoms. The molecule has 10 heteroatoms. The number of halogens is 6. The van der Waals surface area contributed by atoms with Crippen molar-refractivity contribution >= 4 is 11.7 Å². The Kier molecular flexibility index (Phi) is 5.43. The van der Waals surface area contributed by atoms with Crippen LogP contribution in [0.1, 0.15) is 13.3 Å². The third-order valence-electron chi connectivity index (χ3n) is 1.82. The number of ether oxygens (including phenoxy) is 1. The van der Waals surface area contributed by atoms with E-state index in [1.54, 1.807) is 0 Å². The minimum Gasteiger partial charge on any atom is -0.461 e. The molecule has 106 valence electrons. The molecule has 0 aliphatic rings. The van der Waals surface area contributed by atoms with Crippen molar-refractivity contribution in [1.29, 1.82) is 0 Å². The Bertz CT molecular complexity index is 308. The number of hydrogen-bond acceptors (Lipinski definition) is 4. The average Bonchev–Trinajstić information content (AvgIpc) is 2.14. The lowest BCUT2D eigenvalue weighted by atomic mass is 10.0. The van der Waals surface area contributed by atoms with E-state index in [4.69, 9.17) is 5.21 Å². The minimum absolute atomic E-state index is 0.277. The van der Waals surface area contributed by atoms with Crippen LogP contribution < -0.4 is 0 Å². The molecule has 0 aromatic carbocycles. The Morgan fingerprint density at radius 2 is 1.67 bits per heavy atom. The third kappa shape index (κ3) is 4.80. The monoisotopic (exact) mass is 281 g/mol. The molecule has 1 N–H and O–H groups in total. The van der Waals surface area contributed by atoms with Gasteiger partial charge in [-0.05, 0) is 6.92 Å². The second-order valence-corrected chi connectivity index (χ2v) is 3.11. The van der Waals surface area contributed by atoms with E-state index in [1.165, 1.54) is 6.92 Å². The maximum Gasteiger partial charge on any atom is 0.400 e. The fourth-order valence-electron chi connectivity index (χ4n) is 0.990. The lowest BCUT2D eigenvalue weighted by Gasteiger charge is -2.22. The standard InChI is InChI=1S/C8H9F6NO3/c1-2-18-6(16)4(15-17)3-5(7(9,10)11)8(12,13)14/h5,17H,2-3H2,1H3/b15-4+. The van der Waals surface area contributed by atoms with Crippen LogP contribution in [-0.4, -0.2) is 35.8 Å². The molecule has 0 saturated carbocycles. The predicted octanol–water partition coefficient (Wildman–Crippen LogP) is 2.51. The molecule has 0 unspecified atom stereocenters. The first kappa shape index (κ1) is 16.5. The Hall–Kier alpha value is -1.48. The van der Waals surface area contributed by atoms with Gasteiger partial charge in [-0.3, -0.25) is 0 Å². The summed E-state index contributed by atoms with van der Waals surface area (Å²) in [4.78, 5) is 10.9. The summed E-state index contributed by atoms with van der Waals surface area (Å²) in [7, 11) is 0. The van der Waals surface area contributed by atoms with Crippen LogP contribution in [0, 0.1) is 5.92 Å². The van der Waals surface area contributed by atoms with Crippen LogP contribution in [0.4, 0.5) is 26.3 Å². The molecule has 0 heterocycles. The molecule has 0 aliphatic heterocycles. The first-order valence-electron chi connectivity index (χ1n) is 4.55. The summed E-state index contributed by atoms with van der Waals surface area (Å²) < 4.78 is 77.1. The van der Waals surface area contributed by atoms with Crippen LogP contribution in [0.15, 0.2) is 5.16 Å². The SMILES string of the molecule is CCOC(=O)/C(CC(C(F)(F)F)C(F)(F)F)=N/O. The van der Waals surface area contributed by atoms with Gasteiger partial charge in [0.05, 0.1) is 6.61 Å². The molecule has 0 radical (unpaired) electrons. The van der Waals surface area contributed by atoms with Crippen molar-refractivity contribution in [2.45, 2.75) is 25.7 Å². The number of oxime groups is 1. The number of carbonyl (C=O) groups excluding carboxylic acids is 1. The van der Waals surface area contributed by atoms with Crippen molar-refractivity contribution in [3.63, 3.8) is 0 Å². The second kappa shape index (κ2) is 5.91. The van der Waals surface area contributed by atoms with E-state index < -0.39 is 36.4 Å². The maximum absolute atomic E-state index is 12.2. The van der Waals surface area contributed by atoms with Crippen molar-refractivity contribution in [3.8, 4) is 0 Å². The minimum atomic E-state index is -5.61. The number of hydrogen-bond donors (Lipinski definition) is 1.